The molecule has 1 N–H and O–H groups in total. The molecular weight excluding hydrogens is 280 g/mol. The summed E-state index contributed by atoms with van der Waals surface area (Å²) >= 11 is 0. The Hall–Kier alpha value is -2.61. The van der Waals surface area contributed by atoms with Gasteiger partial charge in [-0.15, -0.1) is 0 Å². The minimum Gasteiger partial charge on any atom is -0.278 e. The third kappa shape index (κ3) is 3.98. The molecule has 116 valence electrons. The molecule has 23 heavy (non-hydrogen) atoms. The Morgan fingerprint density at radius 1 is 0.957 bits per heavy atom. The van der Waals surface area contributed by atoms with Gasteiger partial charge in [0.05, 0.1) is 11.4 Å². The van der Waals surface area contributed by atoms with Crippen molar-refractivity contribution in [1.82, 2.24) is 0 Å². The lowest BCUT2D eigenvalue weighted by molar-refractivity contribution is 1.08. The first-order valence-corrected chi connectivity index (χ1v) is 8.01. The molecule has 2 heteroatoms. The van der Waals surface area contributed by atoms with Crippen molar-refractivity contribution in [3.05, 3.63) is 89.0 Å². The molecule has 0 fully saturated rings. The van der Waals surface area contributed by atoms with Crippen LogP contribution in [0.3, 0.4) is 0 Å². The normalized spacial score (nSPS) is 14.9. The fraction of sp³-hybridized carbons (Fsp3) is 0.190. The largest absolute Gasteiger partial charge is 0.278 e. The molecule has 2 aromatic rings. The van der Waals surface area contributed by atoms with E-state index >= 15 is 0 Å². The van der Waals surface area contributed by atoms with Crippen molar-refractivity contribution in [3.63, 3.8) is 0 Å². The summed E-state index contributed by atoms with van der Waals surface area (Å²) in [6, 6.07) is 20.5. The van der Waals surface area contributed by atoms with Crippen LogP contribution in [0.4, 0.5) is 5.69 Å². The molecule has 0 aromatic heterocycles. The Kier molecular flexibility index (Phi) is 4.72. The second-order valence-electron chi connectivity index (χ2n) is 6.03. The lowest BCUT2D eigenvalue weighted by atomic mass is 9.99. The summed E-state index contributed by atoms with van der Waals surface area (Å²) in [5.74, 6) is 0. The van der Waals surface area contributed by atoms with E-state index in [9.17, 15) is 0 Å². The van der Waals surface area contributed by atoms with Gasteiger partial charge < -0.3 is 0 Å². The van der Waals surface area contributed by atoms with Gasteiger partial charge in [0.2, 0.25) is 0 Å². The van der Waals surface area contributed by atoms with E-state index in [1.165, 1.54) is 22.3 Å². The smallest absolute Gasteiger partial charge is 0.0720 e. The van der Waals surface area contributed by atoms with E-state index < -0.39 is 0 Å². The van der Waals surface area contributed by atoms with Crippen molar-refractivity contribution >= 4 is 11.4 Å². The maximum Gasteiger partial charge on any atom is 0.0720 e. The van der Waals surface area contributed by atoms with Crippen molar-refractivity contribution in [2.75, 3.05) is 5.43 Å². The molecule has 0 radical (unpaired) electrons. The molecule has 0 amide bonds. The molecule has 0 bridgehead atoms. The third-order valence-corrected chi connectivity index (χ3v) is 4.09. The topological polar surface area (TPSA) is 24.4 Å². The highest BCUT2D eigenvalue weighted by Crippen LogP contribution is 2.28. The molecule has 3 rings (SSSR count). The molecule has 0 aliphatic heterocycles. The Labute approximate surface area is 138 Å². The second-order valence-corrected chi connectivity index (χ2v) is 6.03. The molecule has 0 atom stereocenters. The van der Waals surface area contributed by atoms with Gasteiger partial charge in [0, 0.05) is 6.42 Å². The van der Waals surface area contributed by atoms with Crippen LogP contribution in [0.25, 0.3) is 0 Å². The number of allylic oxidation sites excluding steroid dienone is 4. The zero-order valence-electron chi connectivity index (χ0n) is 13.7. The van der Waals surface area contributed by atoms with Gasteiger partial charge >= 0.3 is 0 Å². The van der Waals surface area contributed by atoms with Gasteiger partial charge in [0.1, 0.15) is 0 Å². The number of nitrogens with zero attached hydrogens (tertiary/aromatic N) is 1. The maximum absolute atomic E-state index is 4.70. The van der Waals surface area contributed by atoms with Crippen molar-refractivity contribution in [2.45, 2.75) is 26.7 Å². The summed E-state index contributed by atoms with van der Waals surface area (Å²) in [7, 11) is 0. The number of hydrogen-bond donors (Lipinski definition) is 1. The van der Waals surface area contributed by atoms with Crippen molar-refractivity contribution in [1.29, 1.82) is 0 Å². The number of hydrogen-bond acceptors (Lipinski definition) is 2. The van der Waals surface area contributed by atoms with Crippen LogP contribution >= 0.6 is 0 Å². The van der Waals surface area contributed by atoms with Crippen LogP contribution in [0.15, 0.2) is 88.6 Å². The van der Waals surface area contributed by atoms with Crippen LogP contribution in [0.1, 0.15) is 32.3 Å². The summed E-state index contributed by atoms with van der Waals surface area (Å²) in [5, 5.41) is 4.70. The molecule has 0 heterocycles. The molecule has 2 nitrogen and oxygen atoms in total. The molecule has 1 aliphatic rings. The van der Waals surface area contributed by atoms with Gasteiger partial charge in [-0.05, 0) is 38.0 Å². The highest BCUT2D eigenvalue weighted by molar-refractivity contribution is 6.02. The van der Waals surface area contributed by atoms with E-state index in [2.05, 4.69) is 49.6 Å². The van der Waals surface area contributed by atoms with Crippen LogP contribution in [-0.4, -0.2) is 5.71 Å². The first kappa shape index (κ1) is 15.3. The minimum absolute atomic E-state index is 0.878. The van der Waals surface area contributed by atoms with E-state index in [1.54, 1.807) is 0 Å². The first-order valence-electron chi connectivity index (χ1n) is 8.01. The van der Waals surface area contributed by atoms with E-state index in [1.807, 2.05) is 36.4 Å². The number of para-hydroxylation sites is 1. The summed E-state index contributed by atoms with van der Waals surface area (Å²) in [4.78, 5) is 0. The van der Waals surface area contributed by atoms with E-state index in [-0.39, 0.29) is 0 Å². The summed E-state index contributed by atoms with van der Waals surface area (Å²) < 4.78 is 0. The second kappa shape index (κ2) is 7.10. The van der Waals surface area contributed by atoms with Crippen LogP contribution in [0, 0.1) is 0 Å². The number of nitrogens with one attached hydrogen (secondary N) is 1. The van der Waals surface area contributed by atoms with Crippen molar-refractivity contribution in [2.24, 2.45) is 5.10 Å². The maximum atomic E-state index is 4.70. The monoisotopic (exact) mass is 302 g/mol. The van der Waals surface area contributed by atoms with Gasteiger partial charge in [0.15, 0.2) is 0 Å². The fourth-order valence-corrected chi connectivity index (χ4v) is 2.88. The molecule has 0 spiro atoms. The highest BCUT2D eigenvalue weighted by atomic mass is 15.3. The molecule has 1 aliphatic carbocycles. The molecular formula is C21H22N2. The number of hydrazone groups is 1. The summed E-state index contributed by atoms with van der Waals surface area (Å²) in [6.45, 7) is 4.39. The van der Waals surface area contributed by atoms with E-state index in [0.29, 0.717) is 0 Å². The average molecular weight is 302 g/mol. The Bertz CT molecular complexity index is 753. The van der Waals surface area contributed by atoms with Crippen LogP contribution in [0.5, 0.6) is 0 Å². The predicted octanol–water partition coefficient (Wildman–Crippen LogP) is 5.56. The van der Waals surface area contributed by atoms with Gasteiger partial charge in [-0.25, -0.2) is 0 Å². The van der Waals surface area contributed by atoms with Crippen LogP contribution in [0.2, 0.25) is 0 Å². The van der Waals surface area contributed by atoms with E-state index in [0.717, 1.165) is 24.2 Å². The van der Waals surface area contributed by atoms with Gasteiger partial charge in [-0.3, -0.25) is 5.43 Å². The SMILES string of the molecule is CC1=CC(C)=C(CC(=NNc2ccccc2)c2ccccc2)C1. The van der Waals surface area contributed by atoms with Crippen LogP contribution in [-0.2, 0) is 0 Å². The Morgan fingerprint density at radius 3 is 2.22 bits per heavy atom. The number of anilines is 1. The number of benzene rings is 2. The zero-order chi connectivity index (χ0) is 16.1. The van der Waals surface area contributed by atoms with Crippen molar-refractivity contribution < 1.29 is 0 Å². The fourth-order valence-electron chi connectivity index (χ4n) is 2.88. The van der Waals surface area contributed by atoms with Gasteiger partial charge in [0.25, 0.3) is 0 Å². The summed E-state index contributed by atoms with van der Waals surface area (Å²) in [6.07, 6.45) is 4.22. The number of rotatable bonds is 5. The first-order chi connectivity index (χ1) is 11.2. The Morgan fingerprint density at radius 2 is 1.61 bits per heavy atom. The quantitative estimate of drug-likeness (QED) is 0.567. The minimum atomic E-state index is 0.878. The lowest BCUT2D eigenvalue weighted by Gasteiger charge is -2.10. The van der Waals surface area contributed by atoms with Crippen molar-refractivity contribution in [3.8, 4) is 0 Å². The van der Waals surface area contributed by atoms with E-state index in [4.69, 9.17) is 5.10 Å². The lowest BCUT2D eigenvalue weighted by Crippen LogP contribution is -2.06. The molecule has 0 saturated carbocycles. The van der Waals surface area contributed by atoms with Gasteiger partial charge in [-0.1, -0.05) is 71.3 Å². The summed E-state index contributed by atoms with van der Waals surface area (Å²) in [5.41, 5.74) is 10.7. The Balaban J connectivity index is 1.84. The standard InChI is InChI=1S/C21H22N2/c1-16-13-17(2)19(14-16)15-21(18-9-5-3-6-10-18)23-22-20-11-7-4-8-12-20/h3-13,22H,14-15H2,1-2H3. The average Bonchev–Trinajstić information content (AvgIpc) is 2.90. The van der Waals surface area contributed by atoms with Gasteiger partial charge in [-0.2, -0.15) is 5.10 Å². The highest BCUT2D eigenvalue weighted by Gasteiger charge is 2.14. The van der Waals surface area contributed by atoms with Crippen LogP contribution < -0.4 is 5.43 Å². The molecule has 0 unspecified atom stereocenters. The molecule has 0 saturated heterocycles. The zero-order valence-corrected chi connectivity index (χ0v) is 13.7. The third-order valence-electron chi connectivity index (χ3n) is 4.09. The molecule has 2 aromatic carbocycles. The predicted molar refractivity (Wildman–Crippen MR) is 98.7 cm³/mol.